The van der Waals surface area contributed by atoms with Gasteiger partial charge in [-0.3, -0.25) is 4.79 Å². The van der Waals surface area contributed by atoms with Gasteiger partial charge in [0.1, 0.15) is 16.6 Å². The number of anilines is 1. The minimum absolute atomic E-state index is 0.280. The van der Waals surface area contributed by atoms with E-state index in [0.29, 0.717) is 37.7 Å². The van der Waals surface area contributed by atoms with Crippen molar-refractivity contribution in [1.82, 2.24) is 4.98 Å². The van der Waals surface area contributed by atoms with Crippen molar-refractivity contribution in [2.45, 2.75) is 0 Å². The summed E-state index contributed by atoms with van der Waals surface area (Å²) in [6.45, 7) is 0. The van der Waals surface area contributed by atoms with E-state index in [9.17, 15) is 9.18 Å². The summed E-state index contributed by atoms with van der Waals surface area (Å²) in [6.07, 6.45) is 0. The molecule has 0 saturated heterocycles. The van der Waals surface area contributed by atoms with Crippen LogP contribution in [0.3, 0.4) is 0 Å². The Labute approximate surface area is 185 Å². The molecule has 0 radical (unpaired) electrons. The number of aromatic nitrogens is 1. The van der Waals surface area contributed by atoms with Gasteiger partial charge < -0.3 is 10.1 Å². The second-order valence-corrected chi connectivity index (χ2v) is 8.08. The van der Waals surface area contributed by atoms with Gasteiger partial charge in [0.05, 0.1) is 24.1 Å². The lowest BCUT2D eigenvalue weighted by Gasteiger charge is -2.11. The molecule has 1 aromatic heterocycles. The molecule has 4 nitrogen and oxygen atoms in total. The molecule has 1 amide bonds. The molecule has 1 N–H and O–H groups in total. The van der Waals surface area contributed by atoms with Crippen molar-refractivity contribution >= 4 is 38.9 Å². The SMILES string of the molecule is COc1ccc(Br)c(C(=O)Nc2ccccc2-c2csc(-c3ccccc3F)n2)c1. The number of hydrogen-bond acceptors (Lipinski definition) is 4. The molecule has 4 aromatic rings. The summed E-state index contributed by atoms with van der Waals surface area (Å²) in [5.74, 6) is -0.00805. The van der Waals surface area contributed by atoms with Gasteiger partial charge in [-0.25, -0.2) is 9.37 Å². The number of hydrogen-bond donors (Lipinski definition) is 1. The maximum atomic E-state index is 14.1. The van der Waals surface area contributed by atoms with E-state index < -0.39 is 0 Å². The number of amides is 1. The minimum atomic E-state index is -0.317. The Hall–Kier alpha value is -3.03. The van der Waals surface area contributed by atoms with Gasteiger partial charge in [0, 0.05) is 21.0 Å². The van der Waals surface area contributed by atoms with Crippen molar-refractivity contribution in [1.29, 1.82) is 0 Å². The molecule has 0 aliphatic rings. The minimum Gasteiger partial charge on any atom is -0.497 e. The van der Waals surface area contributed by atoms with E-state index in [-0.39, 0.29) is 11.7 Å². The second-order valence-electron chi connectivity index (χ2n) is 6.36. The van der Waals surface area contributed by atoms with Crippen LogP contribution in [0, 0.1) is 5.82 Å². The average Bonchev–Trinajstić information content (AvgIpc) is 3.24. The number of halogens is 2. The molecule has 0 fully saturated rings. The predicted molar refractivity (Wildman–Crippen MR) is 122 cm³/mol. The number of thiazole rings is 1. The van der Waals surface area contributed by atoms with Crippen molar-refractivity contribution in [2.75, 3.05) is 12.4 Å². The number of methoxy groups -OCH3 is 1. The van der Waals surface area contributed by atoms with Gasteiger partial charge >= 0.3 is 0 Å². The summed E-state index contributed by atoms with van der Waals surface area (Å²) in [5, 5.41) is 5.38. The number of carbonyl (C=O) groups excluding carboxylic acids is 1. The fourth-order valence-electron chi connectivity index (χ4n) is 2.97. The van der Waals surface area contributed by atoms with Gasteiger partial charge in [-0.2, -0.15) is 0 Å². The zero-order valence-corrected chi connectivity index (χ0v) is 18.3. The van der Waals surface area contributed by atoms with Crippen LogP contribution in [0.4, 0.5) is 10.1 Å². The Bertz CT molecular complexity index is 1230. The molecule has 3 aromatic carbocycles. The molecule has 0 aliphatic carbocycles. The number of benzene rings is 3. The van der Waals surface area contributed by atoms with Gasteiger partial charge in [-0.15, -0.1) is 11.3 Å². The lowest BCUT2D eigenvalue weighted by atomic mass is 10.1. The molecule has 150 valence electrons. The third-order valence-electron chi connectivity index (χ3n) is 4.48. The smallest absolute Gasteiger partial charge is 0.256 e. The Morgan fingerprint density at radius 2 is 1.80 bits per heavy atom. The van der Waals surface area contributed by atoms with Crippen molar-refractivity contribution in [2.24, 2.45) is 0 Å². The first-order valence-electron chi connectivity index (χ1n) is 9.01. The number of ether oxygens (including phenoxy) is 1. The highest BCUT2D eigenvalue weighted by Crippen LogP contribution is 2.34. The highest BCUT2D eigenvalue weighted by Gasteiger charge is 2.16. The Kier molecular flexibility index (Phi) is 5.92. The standard InChI is InChI=1S/C23H16BrFN2O2S/c1-29-14-10-11-18(24)17(12-14)22(28)26-20-9-5-3-7-16(20)21-13-30-23(27-21)15-6-2-4-8-19(15)25/h2-13H,1H3,(H,26,28). The predicted octanol–water partition coefficient (Wildman–Crippen LogP) is 6.64. The van der Waals surface area contributed by atoms with Gasteiger partial charge in [0.15, 0.2) is 0 Å². The van der Waals surface area contributed by atoms with E-state index in [2.05, 4.69) is 26.2 Å². The van der Waals surface area contributed by atoms with Crippen molar-refractivity contribution < 1.29 is 13.9 Å². The normalized spacial score (nSPS) is 10.6. The number of nitrogens with one attached hydrogen (secondary N) is 1. The molecule has 0 saturated carbocycles. The van der Waals surface area contributed by atoms with Gasteiger partial charge in [0.25, 0.3) is 5.91 Å². The third-order valence-corrected chi connectivity index (χ3v) is 6.04. The molecule has 0 aliphatic heterocycles. The van der Waals surface area contributed by atoms with Crippen LogP contribution < -0.4 is 10.1 Å². The molecule has 0 bridgehead atoms. The van der Waals surface area contributed by atoms with Crippen molar-refractivity contribution in [3.05, 3.63) is 88.0 Å². The fourth-order valence-corrected chi connectivity index (χ4v) is 4.24. The van der Waals surface area contributed by atoms with Crippen molar-refractivity contribution in [3.8, 4) is 27.6 Å². The number of nitrogens with zero attached hydrogens (tertiary/aromatic N) is 1. The van der Waals surface area contributed by atoms with Crippen LogP contribution in [0.15, 0.2) is 76.6 Å². The van der Waals surface area contributed by atoms with Gasteiger partial charge in [-0.1, -0.05) is 30.3 Å². The molecular formula is C23H16BrFN2O2S. The summed E-state index contributed by atoms with van der Waals surface area (Å²) >= 11 is 4.77. The monoisotopic (exact) mass is 482 g/mol. The highest BCUT2D eigenvalue weighted by atomic mass is 79.9. The molecule has 4 rings (SSSR count). The molecule has 0 atom stereocenters. The third kappa shape index (κ3) is 4.13. The first kappa shape index (κ1) is 20.3. The quantitative estimate of drug-likeness (QED) is 0.346. The molecule has 0 unspecified atom stereocenters. The Balaban J connectivity index is 1.66. The molecule has 0 spiro atoms. The van der Waals surface area contributed by atoms with Crippen LogP contribution in [0.25, 0.3) is 21.8 Å². The zero-order chi connectivity index (χ0) is 21.1. The summed E-state index contributed by atoms with van der Waals surface area (Å²) in [6, 6.07) is 19.1. The molecule has 7 heteroatoms. The van der Waals surface area contributed by atoms with Crippen LogP contribution in [0.5, 0.6) is 5.75 Å². The summed E-state index contributed by atoms with van der Waals surface area (Å²) in [4.78, 5) is 17.5. The zero-order valence-electron chi connectivity index (χ0n) is 15.9. The second kappa shape index (κ2) is 8.77. The van der Waals surface area contributed by atoms with E-state index >= 15 is 0 Å². The van der Waals surface area contributed by atoms with Crippen LogP contribution in [0.2, 0.25) is 0 Å². The Morgan fingerprint density at radius 3 is 2.57 bits per heavy atom. The van der Waals surface area contributed by atoms with Crippen LogP contribution in [0.1, 0.15) is 10.4 Å². The van der Waals surface area contributed by atoms with E-state index in [0.717, 1.165) is 5.56 Å². The lowest BCUT2D eigenvalue weighted by Crippen LogP contribution is -2.13. The van der Waals surface area contributed by atoms with Gasteiger partial charge in [0.2, 0.25) is 0 Å². The van der Waals surface area contributed by atoms with E-state index in [1.807, 2.05) is 29.6 Å². The van der Waals surface area contributed by atoms with E-state index in [4.69, 9.17) is 4.74 Å². The molecule has 1 heterocycles. The number of rotatable bonds is 5. The summed E-state index contributed by atoms with van der Waals surface area (Å²) < 4.78 is 20.0. The maximum absolute atomic E-state index is 14.1. The fraction of sp³-hybridized carbons (Fsp3) is 0.0435. The van der Waals surface area contributed by atoms with Crippen LogP contribution in [-0.2, 0) is 0 Å². The van der Waals surface area contributed by atoms with E-state index in [1.54, 1.807) is 43.5 Å². The van der Waals surface area contributed by atoms with Crippen LogP contribution in [-0.4, -0.2) is 18.0 Å². The number of para-hydroxylation sites is 1. The average molecular weight is 483 g/mol. The van der Waals surface area contributed by atoms with E-state index in [1.165, 1.54) is 17.4 Å². The topological polar surface area (TPSA) is 51.2 Å². The maximum Gasteiger partial charge on any atom is 0.256 e. The highest BCUT2D eigenvalue weighted by molar-refractivity contribution is 9.10. The molecular weight excluding hydrogens is 467 g/mol. The largest absolute Gasteiger partial charge is 0.497 e. The summed E-state index contributed by atoms with van der Waals surface area (Å²) in [5.41, 5.74) is 2.94. The molecule has 30 heavy (non-hydrogen) atoms. The lowest BCUT2D eigenvalue weighted by molar-refractivity contribution is 0.102. The first-order chi connectivity index (χ1) is 14.6. The van der Waals surface area contributed by atoms with Crippen LogP contribution >= 0.6 is 27.3 Å². The van der Waals surface area contributed by atoms with Crippen molar-refractivity contribution in [3.63, 3.8) is 0 Å². The first-order valence-corrected chi connectivity index (χ1v) is 10.7. The Morgan fingerprint density at radius 1 is 1.07 bits per heavy atom. The van der Waals surface area contributed by atoms with Gasteiger partial charge in [-0.05, 0) is 52.3 Å². The summed E-state index contributed by atoms with van der Waals surface area (Å²) in [7, 11) is 1.55. The number of carbonyl (C=O) groups is 1.